The lowest BCUT2D eigenvalue weighted by Crippen LogP contribution is -2.05. The lowest BCUT2D eigenvalue weighted by Gasteiger charge is -2.08. The van der Waals surface area contributed by atoms with E-state index in [1.54, 1.807) is 0 Å². The van der Waals surface area contributed by atoms with Gasteiger partial charge in [0.15, 0.2) is 0 Å². The van der Waals surface area contributed by atoms with Gasteiger partial charge < -0.3 is 0 Å². The van der Waals surface area contributed by atoms with E-state index >= 15 is 0 Å². The Morgan fingerprint density at radius 2 is 1.54 bits per heavy atom. The van der Waals surface area contributed by atoms with Crippen LogP contribution in [-0.4, -0.2) is 11.9 Å². The summed E-state index contributed by atoms with van der Waals surface area (Å²) >= 11 is 0. The quantitative estimate of drug-likeness (QED) is 0.661. The first-order chi connectivity index (χ1) is 6.15. The standard InChI is InChI=1S/C9H18O.CO2/c1-4-8(5-2)7-9(10)6-3;2-1-3/h8H,4-7H2,1-3H3;. The van der Waals surface area contributed by atoms with Crippen molar-refractivity contribution >= 4 is 11.9 Å². The third-order valence-electron chi connectivity index (χ3n) is 2.07. The third kappa shape index (κ3) is 11.0. The first-order valence-corrected chi connectivity index (χ1v) is 4.67. The van der Waals surface area contributed by atoms with Crippen molar-refractivity contribution in [2.45, 2.75) is 46.5 Å². The number of Topliss-reactive ketones (excluding diaryl/α,β-unsaturated/α-hetero) is 1. The molecule has 0 unspecified atom stereocenters. The Morgan fingerprint density at radius 1 is 1.15 bits per heavy atom. The fraction of sp³-hybridized carbons (Fsp3) is 0.800. The minimum absolute atomic E-state index is 0.250. The van der Waals surface area contributed by atoms with Crippen molar-refractivity contribution in [1.82, 2.24) is 0 Å². The van der Waals surface area contributed by atoms with Crippen LogP contribution in [-0.2, 0) is 14.4 Å². The number of hydrogen-bond acceptors (Lipinski definition) is 3. The van der Waals surface area contributed by atoms with Crippen molar-refractivity contribution in [3.63, 3.8) is 0 Å². The molecular formula is C10H18O3. The van der Waals surface area contributed by atoms with Crippen molar-refractivity contribution in [3.05, 3.63) is 0 Å². The Labute approximate surface area is 79.5 Å². The van der Waals surface area contributed by atoms with Crippen LogP contribution in [0.3, 0.4) is 0 Å². The average molecular weight is 186 g/mol. The molecule has 0 bridgehead atoms. The van der Waals surface area contributed by atoms with E-state index in [0.29, 0.717) is 18.1 Å². The highest BCUT2D eigenvalue weighted by Gasteiger charge is 2.07. The zero-order chi connectivity index (χ0) is 10.7. The van der Waals surface area contributed by atoms with E-state index in [4.69, 9.17) is 9.59 Å². The van der Waals surface area contributed by atoms with Gasteiger partial charge in [0, 0.05) is 12.8 Å². The molecule has 0 radical (unpaired) electrons. The molecule has 0 aromatic heterocycles. The van der Waals surface area contributed by atoms with Gasteiger partial charge in [-0.1, -0.05) is 33.6 Å². The summed E-state index contributed by atoms with van der Waals surface area (Å²) in [7, 11) is 0. The summed E-state index contributed by atoms with van der Waals surface area (Å²) < 4.78 is 0. The van der Waals surface area contributed by atoms with E-state index in [9.17, 15) is 4.79 Å². The van der Waals surface area contributed by atoms with Gasteiger partial charge in [-0.05, 0) is 5.92 Å². The molecule has 0 aromatic rings. The second-order valence-electron chi connectivity index (χ2n) is 2.86. The summed E-state index contributed by atoms with van der Waals surface area (Å²) in [6.07, 6.45) is 4.03. The molecule has 13 heavy (non-hydrogen) atoms. The largest absolute Gasteiger partial charge is 0.373 e. The number of rotatable bonds is 5. The smallest absolute Gasteiger partial charge is 0.300 e. The van der Waals surface area contributed by atoms with Crippen LogP contribution < -0.4 is 0 Å². The molecule has 0 N–H and O–H groups in total. The maximum atomic E-state index is 10.9. The van der Waals surface area contributed by atoms with E-state index in [1.807, 2.05) is 6.92 Å². The highest BCUT2D eigenvalue weighted by molar-refractivity contribution is 5.78. The fourth-order valence-corrected chi connectivity index (χ4v) is 1.04. The Balaban J connectivity index is 0. The molecule has 0 saturated carbocycles. The molecule has 3 heteroatoms. The minimum atomic E-state index is 0.250. The molecule has 0 aromatic carbocycles. The van der Waals surface area contributed by atoms with Crippen molar-refractivity contribution in [1.29, 1.82) is 0 Å². The van der Waals surface area contributed by atoms with Crippen LogP contribution >= 0.6 is 0 Å². The Morgan fingerprint density at radius 3 is 1.77 bits per heavy atom. The van der Waals surface area contributed by atoms with Gasteiger partial charge in [0.1, 0.15) is 5.78 Å². The zero-order valence-corrected chi connectivity index (χ0v) is 8.63. The first kappa shape index (κ1) is 14.6. The zero-order valence-electron chi connectivity index (χ0n) is 8.63. The lowest BCUT2D eigenvalue weighted by atomic mass is 9.96. The van der Waals surface area contributed by atoms with Crippen LogP contribution in [0.1, 0.15) is 46.5 Å². The summed E-state index contributed by atoms with van der Waals surface area (Å²) in [5.41, 5.74) is 0. The summed E-state index contributed by atoms with van der Waals surface area (Å²) in [6, 6.07) is 0. The van der Waals surface area contributed by atoms with Crippen molar-refractivity contribution in [2.24, 2.45) is 5.92 Å². The van der Waals surface area contributed by atoms with Gasteiger partial charge in [-0.3, -0.25) is 4.79 Å². The van der Waals surface area contributed by atoms with Crippen LogP contribution in [0.15, 0.2) is 0 Å². The van der Waals surface area contributed by atoms with Crippen LogP contribution in [0.25, 0.3) is 0 Å². The molecule has 0 fully saturated rings. The summed E-state index contributed by atoms with van der Waals surface area (Å²) in [4.78, 5) is 27.2. The van der Waals surface area contributed by atoms with Crippen LogP contribution in [0.2, 0.25) is 0 Å². The Hall–Kier alpha value is -0.950. The monoisotopic (exact) mass is 186 g/mol. The van der Waals surface area contributed by atoms with Gasteiger partial charge in [0.05, 0.1) is 0 Å². The van der Waals surface area contributed by atoms with Gasteiger partial charge in [-0.15, -0.1) is 0 Å². The van der Waals surface area contributed by atoms with Gasteiger partial charge in [0.25, 0.3) is 0 Å². The molecule has 0 atom stereocenters. The Kier molecular flexibility index (Phi) is 12.4. The number of carbonyl (C=O) groups is 1. The number of hydrogen-bond donors (Lipinski definition) is 0. The predicted molar refractivity (Wildman–Crippen MR) is 49.0 cm³/mol. The molecule has 0 saturated heterocycles. The molecule has 76 valence electrons. The second kappa shape index (κ2) is 11.1. The van der Waals surface area contributed by atoms with E-state index in [1.165, 1.54) is 0 Å². The number of carbonyl (C=O) groups excluding carboxylic acids is 3. The molecular weight excluding hydrogens is 168 g/mol. The minimum Gasteiger partial charge on any atom is -0.300 e. The van der Waals surface area contributed by atoms with Crippen molar-refractivity contribution < 1.29 is 14.4 Å². The molecule has 0 spiro atoms. The summed E-state index contributed by atoms with van der Waals surface area (Å²) in [5, 5.41) is 0. The van der Waals surface area contributed by atoms with E-state index < -0.39 is 0 Å². The molecule has 0 aliphatic rings. The highest BCUT2D eigenvalue weighted by atomic mass is 16.2. The van der Waals surface area contributed by atoms with Gasteiger partial charge in [-0.2, -0.15) is 9.59 Å². The fourth-order valence-electron chi connectivity index (χ4n) is 1.04. The first-order valence-electron chi connectivity index (χ1n) is 4.67. The maximum absolute atomic E-state index is 10.9. The van der Waals surface area contributed by atoms with E-state index in [2.05, 4.69) is 13.8 Å². The highest BCUT2D eigenvalue weighted by Crippen LogP contribution is 2.13. The lowest BCUT2D eigenvalue weighted by molar-refractivity contribution is -0.191. The molecule has 0 amide bonds. The number of ketones is 1. The van der Waals surface area contributed by atoms with Gasteiger partial charge in [-0.25, -0.2) is 0 Å². The van der Waals surface area contributed by atoms with E-state index in [-0.39, 0.29) is 6.15 Å². The Bertz CT molecular complexity index is 154. The molecule has 0 aliphatic carbocycles. The van der Waals surface area contributed by atoms with Gasteiger partial charge >= 0.3 is 6.15 Å². The third-order valence-corrected chi connectivity index (χ3v) is 2.07. The normalized spacial score (nSPS) is 8.62. The maximum Gasteiger partial charge on any atom is 0.373 e. The van der Waals surface area contributed by atoms with Crippen molar-refractivity contribution in [2.75, 3.05) is 0 Å². The SMILES string of the molecule is CCC(=O)CC(CC)CC.O=C=O. The van der Waals surface area contributed by atoms with E-state index in [0.717, 1.165) is 19.3 Å². The summed E-state index contributed by atoms with van der Waals surface area (Å²) in [5.74, 6) is 1.04. The average Bonchev–Trinajstić information content (AvgIpc) is 2.15. The van der Waals surface area contributed by atoms with Crippen LogP contribution in [0.5, 0.6) is 0 Å². The van der Waals surface area contributed by atoms with Crippen LogP contribution in [0.4, 0.5) is 0 Å². The molecule has 0 aliphatic heterocycles. The topological polar surface area (TPSA) is 51.2 Å². The molecule has 0 rings (SSSR count). The second-order valence-corrected chi connectivity index (χ2v) is 2.86. The molecule has 3 nitrogen and oxygen atoms in total. The van der Waals surface area contributed by atoms with Gasteiger partial charge in [0.2, 0.25) is 0 Å². The predicted octanol–water partition coefficient (Wildman–Crippen LogP) is 2.21. The molecule has 0 heterocycles. The van der Waals surface area contributed by atoms with Crippen molar-refractivity contribution in [3.8, 4) is 0 Å². The van der Waals surface area contributed by atoms with Crippen LogP contribution in [0, 0.1) is 5.92 Å². The summed E-state index contributed by atoms with van der Waals surface area (Å²) in [6.45, 7) is 6.24.